The van der Waals surface area contributed by atoms with E-state index in [1.807, 2.05) is 45.0 Å². The van der Waals surface area contributed by atoms with Crippen molar-refractivity contribution in [3.05, 3.63) is 47.0 Å². The summed E-state index contributed by atoms with van der Waals surface area (Å²) in [5.41, 5.74) is 2.60. The van der Waals surface area contributed by atoms with E-state index in [1.165, 1.54) is 0 Å². The van der Waals surface area contributed by atoms with E-state index in [2.05, 4.69) is 10.1 Å². The largest absolute Gasteiger partial charge is 0.491 e. The Balaban J connectivity index is 1.79. The summed E-state index contributed by atoms with van der Waals surface area (Å²) in [5.74, 6) is 2.30. The Morgan fingerprint density at radius 2 is 1.93 bits per heavy atom. The zero-order valence-electron chi connectivity index (χ0n) is 16.4. The van der Waals surface area contributed by atoms with E-state index in [-0.39, 0.29) is 6.10 Å². The van der Waals surface area contributed by atoms with E-state index in [9.17, 15) is 0 Å². The normalized spacial score (nSPS) is 11.1. The fourth-order valence-electron chi connectivity index (χ4n) is 2.65. The lowest BCUT2D eigenvalue weighted by atomic mass is 10.1. The molecule has 0 unspecified atom stereocenters. The Morgan fingerprint density at radius 1 is 1.11 bits per heavy atom. The molecule has 6 nitrogen and oxygen atoms in total. The first-order valence-electron chi connectivity index (χ1n) is 9.01. The Labute approximate surface area is 169 Å². The molecule has 0 spiro atoms. The highest BCUT2D eigenvalue weighted by Gasteiger charge is 2.15. The van der Waals surface area contributed by atoms with E-state index < -0.39 is 0 Å². The first-order chi connectivity index (χ1) is 13.5. The van der Waals surface area contributed by atoms with Gasteiger partial charge in [0.05, 0.1) is 17.7 Å². The molecule has 2 aromatic carbocycles. The Bertz CT molecular complexity index is 940. The topological polar surface area (TPSA) is 66.6 Å². The molecule has 0 N–H and O–H groups in total. The monoisotopic (exact) mass is 402 g/mol. The highest BCUT2D eigenvalue weighted by Crippen LogP contribution is 2.32. The average Bonchev–Trinajstić information content (AvgIpc) is 3.13. The molecule has 0 aliphatic carbocycles. The molecular formula is C21H23ClN2O4. The molecule has 0 amide bonds. The highest BCUT2D eigenvalue weighted by molar-refractivity contribution is 6.32. The maximum atomic E-state index is 6.30. The van der Waals surface area contributed by atoms with Gasteiger partial charge in [0.1, 0.15) is 18.1 Å². The van der Waals surface area contributed by atoms with Crippen molar-refractivity contribution in [2.75, 3.05) is 20.3 Å². The van der Waals surface area contributed by atoms with Crippen molar-refractivity contribution in [1.82, 2.24) is 10.1 Å². The molecule has 0 saturated carbocycles. The smallest absolute Gasteiger partial charge is 0.258 e. The number of benzene rings is 2. The highest BCUT2D eigenvalue weighted by atomic mass is 35.5. The van der Waals surface area contributed by atoms with E-state index in [0.29, 0.717) is 35.7 Å². The first-order valence-corrected chi connectivity index (χ1v) is 9.38. The van der Waals surface area contributed by atoms with E-state index >= 15 is 0 Å². The molecule has 0 bridgehead atoms. The van der Waals surface area contributed by atoms with Crippen LogP contribution >= 0.6 is 11.6 Å². The second-order valence-corrected chi connectivity index (χ2v) is 6.96. The van der Waals surface area contributed by atoms with Gasteiger partial charge in [0.25, 0.3) is 5.89 Å². The second-order valence-electron chi connectivity index (χ2n) is 6.55. The van der Waals surface area contributed by atoms with Crippen molar-refractivity contribution in [3.63, 3.8) is 0 Å². The lowest BCUT2D eigenvalue weighted by molar-refractivity contribution is 0.146. The van der Waals surface area contributed by atoms with Gasteiger partial charge in [-0.05, 0) is 62.7 Å². The molecule has 148 valence electrons. The van der Waals surface area contributed by atoms with Crippen LogP contribution in [0.5, 0.6) is 11.5 Å². The summed E-state index contributed by atoms with van der Waals surface area (Å²) in [6, 6.07) is 11.1. The third kappa shape index (κ3) is 4.82. The van der Waals surface area contributed by atoms with Crippen molar-refractivity contribution in [2.24, 2.45) is 0 Å². The van der Waals surface area contributed by atoms with Crippen LogP contribution in [-0.2, 0) is 4.74 Å². The molecule has 28 heavy (non-hydrogen) atoms. The number of aromatic nitrogens is 2. The molecule has 3 rings (SSSR count). The molecular weight excluding hydrogens is 380 g/mol. The maximum absolute atomic E-state index is 6.30. The van der Waals surface area contributed by atoms with Gasteiger partial charge in [0.15, 0.2) is 0 Å². The summed E-state index contributed by atoms with van der Waals surface area (Å²) in [6.45, 7) is 6.91. The Hall–Kier alpha value is -2.57. The fraction of sp³-hybridized carbons (Fsp3) is 0.333. The number of rotatable bonds is 8. The predicted molar refractivity (Wildman–Crippen MR) is 108 cm³/mol. The standard InChI is InChI=1S/C21H23ClN2O4/c1-13(2)27-19-8-5-15(12-18(19)22)21-23-20(24-28-21)17-7-6-16(11-14(17)3)26-10-9-25-4/h5-8,11-13H,9-10H2,1-4H3. The average molecular weight is 403 g/mol. The van der Waals surface area contributed by atoms with Crippen molar-refractivity contribution >= 4 is 11.6 Å². The minimum atomic E-state index is 0.0442. The van der Waals surface area contributed by atoms with Gasteiger partial charge in [-0.15, -0.1) is 0 Å². The Kier molecular flexibility index (Phi) is 6.54. The summed E-state index contributed by atoms with van der Waals surface area (Å²) in [7, 11) is 1.64. The zero-order chi connectivity index (χ0) is 20.1. The van der Waals surface area contributed by atoms with Crippen molar-refractivity contribution in [1.29, 1.82) is 0 Å². The predicted octanol–water partition coefficient (Wildman–Crippen LogP) is 5.18. The molecule has 1 aromatic heterocycles. The van der Waals surface area contributed by atoms with Gasteiger partial charge in [0, 0.05) is 18.2 Å². The zero-order valence-corrected chi connectivity index (χ0v) is 17.1. The Morgan fingerprint density at radius 3 is 2.61 bits per heavy atom. The van der Waals surface area contributed by atoms with Crippen LogP contribution in [0.1, 0.15) is 19.4 Å². The molecule has 0 fully saturated rings. The molecule has 0 aliphatic heterocycles. The summed E-state index contributed by atoms with van der Waals surface area (Å²) in [4.78, 5) is 4.51. The number of halogens is 1. The van der Waals surface area contributed by atoms with Gasteiger partial charge in [-0.1, -0.05) is 16.8 Å². The number of aryl methyl sites for hydroxylation is 1. The summed E-state index contributed by atoms with van der Waals surface area (Å²) >= 11 is 6.30. The molecule has 3 aromatic rings. The molecule has 0 atom stereocenters. The van der Waals surface area contributed by atoms with Crippen LogP contribution in [-0.4, -0.2) is 36.6 Å². The number of nitrogens with zero attached hydrogens (tertiary/aromatic N) is 2. The lowest BCUT2D eigenvalue weighted by Crippen LogP contribution is -2.05. The van der Waals surface area contributed by atoms with Gasteiger partial charge >= 0.3 is 0 Å². The summed E-state index contributed by atoms with van der Waals surface area (Å²) < 4.78 is 21.7. The minimum absolute atomic E-state index is 0.0442. The van der Waals surface area contributed by atoms with Crippen LogP contribution in [0, 0.1) is 6.92 Å². The fourth-order valence-corrected chi connectivity index (χ4v) is 2.88. The van der Waals surface area contributed by atoms with Gasteiger partial charge in [0.2, 0.25) is 5.82 Å². The minimum Gasteiger partial charge on any atom is -0.491 e. The second kappa shape index (κ2) is 9.08. The van der Waals surface area contributed by atoms with Gasteiger partial charge in [-0.2, -0.15) is 4.98 Å². The first kappa shape index (κ1) is 20.2. The molecule has 0 saturated heterocycles. The lowest BCUT2D eigenvalue weighted by Gasteiger charge is -2.11. The van der Waals surface area contributed by atoms with Crippen LogP contribution in [0.15, 0.2) is 40.9 Å². The third-order valence-corrected chi connectivity index (χ3v) is 4.26. The number of methoxy groups -OCH3 is 1. The number of ether oxygens (including phenoxy) is 3. The van der Waals surface area contributed by atoms with E-state index in [4.69, 9.17) is 30.3 Å². The SMILES string of the molecule is COCCOc1ccc(-c2noc(-c3ccc(OC(C)C)c(Cl)c3)n2)c(C)c1. The van der Waals surface area contributed by atoms with Crippen molar-refractivity contribution < 1.29 is 18.7 Å². The van der Waals surface area contributed by atoms with Crippen LogP contribution in [0.3, 0.4) is 0 Å². The summed E-state index contributed by atoms with van der Waals surface area (Å²) in [6.07, 6.45) is 0.0442. The van der Waals surface area contributed by atoms with E-state index in [1.54, 1.807) is 19.2 Å². The summed E-state index contributed by atoms with van der Waals surface area (Å²) in [5, 5.41) is 4.61. The number of hydrogen-bond acceptors (Lipinski definition) is 6. The molecule has 0 radical (unpaired) electrons. The van der Waals surface area contributed by atoms with Gasteiger partial charge in [-0.25, -0.2) is 0 Å². The van der Waals surface area contributed by atoms with Crippen molar-refractivity contribution in [3.8, 4) is 34.3 Å². The van der Waals surface area contributed by atoms with Crippen LogP contribution in [0.4, 0.5) is 0 Å². The van der Waals surface area contributed by atoms with Crippen LogP contribution in [0.25, 0.3) is 22.8 Å². The van der Waals surface area contributed by atoms with Crippen molar-refractivity contribution in [2.45, 2.75) is 26.9 Å². The van der Waals surface area contributed by atoms with Crippen LogP contribution in [0.2, 0.25) is 5.02 Å². The molecule has 0 aliphatic rings. The van der Waals surface area contributed by atoms with Gasteiger partial charge < -0.3 is 18.7 Å². The maximum Gasteiger partial charge on any atom is 0.258 e. The molecule has 7 heteroatoms. The van der Waals surface area contributed by atoms with Crippen LogP contribution < -0.4 is 9.47 Å². The number of hydrogen-bond donors (Lipinski definition) is 0. The quantitative estimate of drug-likeness (QED) is 0.484. The van der Waals surface area contributed by atoms with Gasteiger partial charge in [-0.3, -0.25) is 0 Å². The van der Waals surface area contributed by atoms with E-state index in [0.717, 1.165) is 22.4 Å². The molecule has 1 heterocycles. The third-order valence-electron chi connectivity index (χ3n) is 3.96.